The van der Waals surface area contributed by atoms with Gasteiger partial charge in [-0.25, -0.2) is 0 Å². The summed E-state index contributed by atoms with van der Waals surface area (Å²) in [6.07, 6.45) is 9.15. The molecule has 1 amide bonds. The Kier molecular flexibility index (Phi) is 6.18. The van der Waals surface area contributed by atoms with E-state index >= 15 is 0 Å². The van der Waals surface area contributed by atoms with Crippen LogP contribution in [0.25, 0.3) is 0 Å². The summed E-state index contributed by atoms with van der Waals surface area (Å²) in [4.78, 5) is 12.8. The number of hydrogen-bond acceptors (Lipinski definition) is 2. The highest BCUT2D eigenvalue weighted by Gasteiger charge is 2.15. The minimum absolute atomic E-state index is 0.0300. The van der Waals surface area contributed by atoms with Crippen molar-refractivity contribution in [1.29, 1.82) is 0 Å². The second kappa shape index (κ2) is 8.13. The molecule has 0 unspecified atom stereocenters. The van der Waals surface area contributed by atoms with Gasteiger partial charge in [0, 0.05) is 18.0 Å². The van der Waals surface area contributed by atoms with Gasteiger partial charge in [-0.3, -0.25) is 4.79 Å². The first-order valence-electron chi connectivity index (χ1n) is 7.83. The quantitative estimate of drug-likeness (QED) is 0.839. The lowest BCUT2D eigenvalue weighted by Crippen LogP contribution is -2.35. The highest BCUT2D eigenvalue weighted by molar-refractivity contribution is 7.80. The minimum Gasteiger partial charge on any atom is -0.393 e. The van der Waals surface area contributed by atoms with Crippen LogP contribution >= 0.6 is 12.2 Å². The van der Waals surface area contributed by atoms with Crippen molar-refractivity contribution in [2.24, 2.45) is 5.73 Å². The molecule has 0 aromatic heterocycles. The Morgan fingerprint density at radius 3 is 2.24 bits per heavy atom. The number of rotatable bonds is 4. The van der Waals surface area contributed by atoms with Gasteiger partial charge in [0.1, 0.15) is 0 Å². The summed E-state index contributed by atoms with van der Waals surface area (Å²) in [5.41, 5.74) is 7.28. The highest BCUT2D eigenvalue weighted by atomic mass is 32.1. The van der Waals surface area contributed by atoms with Gasteiger partial charge in [-0.2, -0.15) is 0 Å². The van der Waals surface area contributed by atoms with Gasteiger partial charge in [-0.05, 0) is 30.5 Å². The third-order valence-electron chi connectivity index (χ3n) is 4.03. The summed E-state index contributed by atoms with van der Waals surface area (Å²) >= 11 is 4.89. The molecule has 0 heterocycles. The lowest BCUT2D eigenvalue weighted by atomic mass is 9.96. The van der Waals surface area contributed by atoms with E-state index in [4.69, 9.17) is 18.0 Å². The fourth-order valence-electron chi connectivity index (χ4n) is 2.84. The van der Waals surface area contributed by atoms with Gasteiger partial charge in [0.15, 0.2) is 0 Å². The van der Waals surface area contributed by atoms with E-state index in [-0.39, 0.29) is 5.91 Å². The SMILES string of the molecule is NC(=S)Cc1ccc(C(=O)NC2CCCCCCC2)cc1. The Morgan fingerprint density at radius 1 is 1.10 bits per heavy atom. The number of amides is 1. The zero-order chi connectivity index (χ0) is 15.1. The van der Waals surface area contributed by atoms with Gasteiger partial charge in [0.25, 0.3) is 5.91 Å². The molecule has 1 aliphatic carbocycles. The number of carbonyl (C=O) groups is 1. The lowest BCUT2D eigenvalue weighted by molar-refractivity contribution is 0.0930. The van der Waals surface area contributed by atoms with Crippen molar-refractivity contribution in [1.82, 2.24) is 5.32 Å². The van der Waals surface area contributed by atoms with E-state index in [9.17, 15) is 4.79 Å². The molecule has 3 N–H and O–H groups in total. The molecule has 0 saturated heterocycles. The lowest BCUT2D eigenvalue weighted by Gasteiger charge is -2.21. The molecular weight excluding hydrogens is 280 g/mol. The Labute approximate surface area is 132 Å². The van der Waals surface area contributed by atoms with Gasteiger partial charge in [0.05, 0.1) is 4.99 Å². The number of hydrogen-bond donors (Lipinski definition) is 2. The summed E-state index contributed by atoms with van der Waals surface area (Å²) < 4.78 is 0. The maximum atomic E-state index is 12.3. The van der Waals surface area contributed by atoms with Crippen LogP contribution in [0.5, 0.6) is 0 Å². The molecule has 21 heavy (non-hydrogen) atoms. The van der Waals surface area contributed by atoms with E-state index in [0.717, 1.165) is 18.4 Å². The molecule has 0 aliphatic heterocycles. The molecule has 0 spiro atoms. The molecule has 2 rings (SSSR count). The molecule has 4 heteroatoms. The minimum atomic E-state index is 0.0300. The van der Waals surface area contributed by atoms with Crippen molar-refractivity contribution in [2.45, 2.75) is 57.4 Å². The normalized spacial score (nSPS) is 16.8. The van der Waals surface area contributed by atoms with Crippen LogP contribution in [0.1, 0.15) is 60.9 Å². The first-order valence-corrected chi connectivity index (χ1v) is 8.24. The first kappa shape index (κ1) is 16.0. The largest absolute Gasteiger partial charge is 0.393 e. The molecule has 1 saturated carbocycles. The van der Waals surface area contributed by atoms with Crippen molar-refractivity contribution in [3.8, 4) is 0 Å². The van der Waals surface area contributed by atoms with Gasteiger partial charge in [0.2, 0.25) is 0 Å². The van der Waals surface area contributed by atoms with Crippen LogP contribution < -0.4 is 11.1 Å². The second-order valence-electron chi connectivity index (χ2n) is 5.86. The van der Waals surface area contributed by atoms with Gasteiger partial charge in [-0.1, -0.05) is 56.5 Å². The summed E-state index contributed by atoms with van der Waals surface area (Å²) in [5.74, 6) is 0.0300. The third-order valence-corrected chi connectivity index (χ3v) is 4.18. The Bertz CT molecular complexity index is 476. The summed E-state index contributed by atoms with van der Waals surface area (Å²) in [5, 5.41) is 3.17. The number of thiocarbonyl (C=S) groups is 1. The molecule has 3 nitrogen and oxygen atoms in total. The van der Waals surface area contributed by atoms with E-state index in [0.29, 0.717) is 23.0 Å². The van der Waals surface area contributed by atoms with Crippen molar-refractivity contribution < 1.29 is 4.79 Å². The summed E-state index contributed by atoms with van der Waals surface area (Å²) in [6.45, 7) is 0. The van der Waals surface area contributed by atoms with Crippen molar-refractivity contribution >= 4 is 23.1 Å². The summed E-state index contributed by atoms with van der Waals surface area (Å²) in [7, 11) is 0. The van der Waals surface area contributed by atoms with Crippen LogP contribution in [0.3, 0.4) is 0 Å². The number of benzene rings is 1. The highest BCUT2D eigenvalue weighted by Crippen LogP contribution is 2.17. The van der Waals surface area contributed by atoms with Crippen LogP contribution in [0.15, 0.2) is 24.3 Å². The van der Waals surface area contributed by atoms with Crippen molar-refractivity contribution in [3.05, 3.63) is 35.4 Å². The van der Waals surface area contributed by atoms with E-state index in [1.165, 1.54) is 32.1 Å². The van der Waals surface area contributed by atoms with Gasteiger partial charge >= 0.3 is 0 Å². The van der Waals surface area contributed by atoms with Crippen LogP contribution in [0.2, 0.25) is 0 Å². The summed E-state index contributed by atoms with van der Waals surface area (Å²) in [6, 6.07) is 7.88. The van der Waals surface area contributed by atoms with Crippen LogP contribution in [0.4, 0.5) is 0 Å². The maximum Gasteiger partial charge on any atom is 0.251 e. The second-order valence-corrected chi connectivity index (χ2v) is 6.38. The van der Waals surface area contributed by atoms with E-state index in [2.05, 4.69) is 5.32 Å². The Hall–Kier alpha value is -1.42. The molecule has 1 aliphatic rings. The van der Waals surface area contributed by atoms with Crippen molar-refractivity contribution in [2.75, 3.05) is 0 Å². The van der Waals surface area contributed by atoms with E-state index < -0.39 is 0 Å². The molecule has 0 bridgehead atoms. The molecule has 1 fully saturated rings. The third kappa shape index (κ3) is 5.46. The average molecular weight is 304 g/mol. The zero-order valence-corrected chi connectivity index (χ0v) is 13.3. The molecule has 1 aromatic rings. The van der Waals surface area contributed by atoms with Crippen molar-refractivity contribution in [3.63, 3.8) is 0 Å². The van der Waals surface area contributed by atoms with E-state index in [1.807, 2.05) is 24.3 Å². The van der Waals surface area contributed by atoms with Crippen LogP contribution in [0, 0.1) is 0 Å². The van der Waals surface area contributed by atoms with E-state index in [1.54, 1.807) is 0 Å². The topological polar surface area (TPSA) is 55.1 Å². The number of carbonyl (C=O) groups excluding carboxylic acids is 1. The number of nitrogens with one attached hydrogen (secondary N) is 1. The molecule has 1 aromatic carbocycles. The molecule has 0 radical (unpaired) electrons. The fourth-order valence-corrected chi connectivity index (χ4v) is 3.01. The first-order chi connectivity index (χ1) is 10.1. The predicted molar refractivity (Wildman–Crippen MR) is 90.5 cm³/mol. The maximum absolute atomic E-state index is 12.3. The monoisotopic (exact) mass is 304 g/mol. The molecule has 114 valence electrons. The zero-order valence-electron chi connectivity index (χ0n) is 12.4. The molecular formula is C17H24N2OS. The van der Waals surface area contributed by atoms with Crippen LogP contribution in [-0.2, 0) is 6.42 Å². The van der Waals surface area contributed by atoms with Gasteiger partial charge in [-0.15, -0.1) is 0 Å². The average Bonchev–Trinajstić information content (AvgIpc) is 2.41. The van der Waals surface area contributed by atoms with Gasteiger partial charge < -0.3 is 11.1 Å². The predicted octanol–water partition coefficient (Wildman–Crippen LogP) is 3.36. The smallest absolute Gasteiger partial charge is 0.251 e. The van der Waals surface area contributed by atoms with Crippen LogP contribution in [-0.4, -0.2) is 16.9 Å². The Balaban J connectivity index is 1.91. The number of nitrogens with two attached hydrogens (primary N) is 1. The standard InChI is InChI=1S/C17H24N2OS/c18-16(21)12-13-8-10-14(11-9-13)17(20)19-15-6-4-2-1-3-5-7-15/h8-11,15H,1-7,12H2,(H2,18,21)(H,19,20). The fraction of sp³-hybridized carbons (Fsp3) is 0.529. The molecule has 0 atom stereocenters. The Morgan fingerprint density at radius 2 is 1.67 bits per heavy atom.